The molecule has 0 aliphatic heterocycles. The van der Waals surface area contributed by atoms with Crippen LogP contribution >= 0.6 is 22.6 Å². The summed E-state index contributed by atoms with van der Waals surface area (Å²) in [5.41, 5.74) is 1.34. The Morgan fingerprint density at radius 1 is 1.30 bits per heavy atom. The molecule has 4 heteroatoms. The van der Waals surface area contributed by atoms with Gasteiger partial charge >= 0.3 is 5.97 Å². The van der Waals surface area contributed by atoms with Crippen molar-refractivity contribution >= 4 is 28.6 Å². The summed E-state index contributed by atoms with van der Waals surface area (Å²) in [4.78, 5) is 11.9. The number of allylic oxidation sites excluding steroid dienone is 2. The van der Waals surface area contributed by atoms with Crippen LogP contribution in [-0.4, -0.2) is 26.7 Å². The van der Waals surface area contributed by atoms with Crippen LogP contribution in [-0.2, 0) is 4.79 Å². The van der Waals surface area contributed by atoms with Gasteiger partial charge in [0, 0.05) is 4.43 Å². The summed E-state index contributed by atoms with van der Waals surface area (Å²) in [7, 11) is 0. The Morgan fingerprint density at radius 3 is 2.48 bits per heavy atom. The number of halogens is 1. The third-order valence-corrected chi connectivity index (χ3v) is 7.49. The third kappa shape index (κ3) is 4.12. The molecule has 0 heterocycles. The zero-order valence-corrected chi connectivity index (χ0v) is 16.9. The SMILES string of the molecule is CC1=C[C@@H]2[C@H]([C@H](C)CI)C[C@H](O)C[C@@H]2[C@H]([C@H](C(=O)O)C(C)C)C1. The van der Waals surface area contributed by atoms with Gasteiger partial charge in [-0.05, 0) is 61.7 Å². The normalized spacial score (nSPS) is 37.0. The topological polar surface area (TPSA) is 57.5 Å². The Labute approximate surface area is 154 Å². The minimum atomic E-state index is -0.669. The molecule has 2 aliphatic carbocycles. The number of aliphatic carboxylic acids is 1. The largest absolute Gasteiger partial charge is 0.481 e. The summed E-state index contributed by atoms with van der Waals surface area (Å²) in [5, 5.41) is 20.2. The van der Waals surface area contributed by atoms with Gasteiger partial charge in [-0.3, -0.25) is 4.79 Å². The molecule has 3 nitrogen and oxygen atoms in total. The average molecular weight is 434 g/mol. The highest BCUT2D eigenvalue weighted by atomic mass is 127. The summed E-state index contributed by atoms with van der Waals surface area (Å²) in [6.45, 7) is 8.46. The van der Waals surface area contributed by atoms with Crippen molar-refractivity contribution in [2.75, 3.05) is 4.43 Å². The highest BCUT2D eigenvalue weighted by molar-refractivity contribution is 14.1. The molecule has 0 amide bonds. The van der Waals surface area contributed by atoms with Crippen LogP contribution in [0, 0.1) is 41.4 Å². The average Bonchev–Trinajstić information content (AvgIpc) is 2.45. The Hall–Kier alpha value is -0.100. The number of carboxylic acid groups (broad SMARTS) is 1. The summed E-state index contributed by atoms with van der Waals surface area (Å²) in [6.07, 6.45) is 4.62. The summed E-state index contributed by atoms with van der Waals surface area (Å²) >= 11 is 2.44. The van der Waals surface area contributed by atoms with Crippen molar-refractivity contribution in [3.8, 4) is 0 Å². The lowest BCUT2D eigenvalue weighted by molar-refractivity contribution is -0.148. The van der Waals surface area contributed by atoms with E-state index < -0.39 is 5.97 Å². The van der Waals surface area contributed by atoms with Gasteiger partial charge in [0.2, 0.25) is 0 Å². The fourth-order valence-electron chi connectivity index (χ4n) is 5.07. The molecule has 1 fully saturated rings. The fourth-order valence-corrected chi connectivity index (χ4v) is 5.72. The van der Waals surface area contributed by atoms with Crippen LogP contribution in [0.15, 0.2) is 11.6 Å². The van der Waals surface area contributed by atoms with Crippen LogP contribution in [0.3, 0.4) is 0 Å². The molecule has 7 atom stereocenters. The van der Waals surface area contributed by atoms with Gasteiger partial charge < -0.3 is 10.2 Å². The van der Waals surface area contributed by atoms with Gasteiger partial charge in [0.25, 0.3) is 0 Å². The van der Waals surface area contributed by atoms with Crippen molar-refractivity contribution in [1.29, 1.82) is 0 Å². The first-order valence-corrected chi connectivity index (χ1v) is 10.4. The molecule has 2 N–H and O–H groups in total. The van der Waals surface area contributed by atoms with Crippen molar-refractivity contribution in [3.05, 3.63) is 11.6 Å². The van der Waals surface area contributed by atoms with E-state index in [1.165, 1.54) is 5.57 Å². The summed E-state index contributed by atoms with van der Waals surface area (Å²) in [6, 6.07) is 0. The van der Waals surface area contributed by atoms with Crippen LogP contribution in [0.5, 0.6) is 0 Å². The molecule has 2 aliphatic rings. The molecule has 2 rings (SSSR count). The minimum absolute atomic E-state index is 0.128. The number of hydrogen-bond donors (Lipinski definition) is 2. The van der Waals surface area contributed by atoms with Crippen LogP contribution < -0.4 is 0 Å². The first-order valence-electron chi connectivity index (χ1n) is 8.90. The minimum Gasteiger partial charge on any atom is -0.481 e. The lowest BCUT2D eigenvalue weighted by atomic mass is 9.56. The first-order chi connectivity index (χ1) is 10.8. The predicted molar refractivity (Wildman–Crippen MR) is 102 cm³/mol. The van der Waals surface area contributed by atoms with Crippen molar-refractivity contribution < 1.29 is 15.0 Å². The molecule has 0 aromatic carbocycles. The zero-order valence-electron chi connectivity index (χ0n) is 14.7. The van der Waals surface area contributed by atoms with E-state index >= 15 is 0 Å². The second-order valence-electron chi connectivity index (χ2n) is 8.15. The zero-order chi connectivity index (χ0) is 17.3. The number of carboxylic acids is 1. The molecule has 0 saturated heterocycles. The van der Waals surface area contributed by atoms with Gasteiger partial charge in [-0.15, -0.1) is 0 Å². The number of rotatable bonds is 5. The van der Waals surface area contributed by atoms with Gasteiger partial charge in [-0.2, -0.15) is 0 Å². The molecule has 0 aromatic heterocycles. The predicted octanol–water partition coefficient (Wildman–Crippen LogP) is 4.38. The highest BCUT2D eigenvalue weighted by Crippen LogP contribution is 2.51. The van der Waals surface area contributed by atoms with Crippen molar-refractivity contribution in [2.24, 2.45) is 41.4 Å². The monoisotopic (exact) mass is 434 g/mol. The van der Waals surface area contributed by atoms with Gasteiger partial charge in [-0.25, -0.2) is 0 Å². The number of hydrogen-bond acceptors (Lipinski definition) is 2. The maximum absolute atomic E-state index is 11.9. The van der Waals surface area contributed by atoms with Gasteiger partial charge in [-0.1, -0.05) is 55.0 Å². The van der Waals surface area contributed by atoms with Gasteiger partial charge in [0.15, 0.2) is 0 Å². The maximum atomic E-state index is 11.9. The van der Waals surface area contributed by atoms with E-state index in [2.05, 4.69) is 42.5 Å². The van der Waals surface area contributed by atoms with E-state index in [1.54, 1.807) is 0 Å². The molecule has 0 spiro atoms. The Balaban J connectivity index is 2.37. The first kappa shape index (κ1) is 19.2. The van der Waals surface area contributed by atoms with E-state index in [4.69, 9.17) is 0 Å². The molecule has 132 valence electrons. The van der Waals surface area contributed by atoms with Crippen molar-refractivity contribution in [1.82, 2.24) is 0 Å². The Morgan fingerprint density at radius 2 is 1.96 bits per heavy atom. The smallest absolute Gasteiger partial charge is 0.307 e. The molecule has 0 radical (unpaired) electrons. The van der Waals surface area contributed by atoms with Gasteiger partial charge in [0.05, 0.1) is 12.0 Å². The number of aliphatic hydroxyl groups excluding tert-OH is 1. The van der Waals surface area contributed by atoms with E-state index in [-0.39, 0.29) is 23.9 Å². The van der Waals surface area contributed by atoms with E-state index in [9.17, 15) is 15.0 Å². The van der Waals surface area contributed by atoms with E-state index in [1.807, 2.05) is 13.8 Å². The fraction of sp³-hybridized carbons (Fsp3) is 0.842. The molecule has 0 unspecified atom stereocenters. The number of carbonyl (C=O) groups is 1. The lowest BCUT2D eigenvalue weighted by Crippen LogP contribution is -2.46. The molecular formula is C19H31IO3. The van der Waals surface area contributed by atoms with Crippen molar-refractivity contribution in [2.45, 2.75) is 53.1 Å². The van der Waals surface area contributed by atoms with Crippen LogP contribution in [0.4, 0.5) is 0 Å². The Bertz CT molecular complexity index is 460. The highest BCUT2D eigenvalue weighted by Gasteiger charge is 2.47. The number of aliphatic hydroxyl groups is 1. The molecule has 23 heavy (non-hydrogen) atoms. The van der Waals surface area contributed by atoms with E-state index in [0.29, 0.717) is 23.7 Å². The second kappa shape index (κ2) is 7.85. The Kier molecular flexibility index (Phi) is 6.57. The molecule has 0 bridgehead atoms. The summed E-state index contributed by atoms with van der Waals surface area (Å²) < 4.78 is 1.09. The van der Waals surface area contributed by atoms with E-state index in [0.717, 1.165) is 23.7 Å². The molecular weight excluding hydrogens is 403 g/mol. The van der Waals surface area contributed by atoms with Crippen molar-refractivity contribution in [3.63, 3.8) is 0 Å². The lowest BCUT2D eigenvalue weighted by Gasteiger charge is -2.49. The van der Waals surface area contributed by atoms with Crippen LogP contribution in [0.2, 0.25) is 0 Å². The van der Waals surface area contributed by atoms with Crippen LogP contribution in [0.25, 0.3) is 0 Å². The number of alkyl halides is 1. The molecule has 0 aromatic rings. The third-order valence-electron chi connectivity index (χ3n) is 6.10. The summed E-state index contributed by atoms with van der Waals surface area (Å²) in [5.74, 6) is 1.07. The number of fused-ring (bicyclic) bond motifs is 1. The van der Waals surface area contributed by atoms with Crippen LogP contribution in [0.1, 0.15) is 47.0 Å². The maximum Gasteiger partial charge on any atom is 0.307 e. The van der Waals surface area contributed by atoms with Gasteiger partial charge in [0.1, 0.15) is 0 Å². The second-order valence-corrected chi connectivity index (χ2v) is 9.03. The molecule has 1 saturated carbocycles. The standard InChI is InChI=1S/C19H31IO3/c1-10(2)18(19(22)23)17-6-11(3)5-15-14(12(4)9-20)7-13(21)8-16(15)17/h5,10,12-18,21H,6-9H2,1-4H3,(H,22,23)/t12-,13+,14+,15-,16+,17-,18-/m1/s1. The quantitative estimate of drug-likeness (QED) is 0.384.